The topological polar surface area (TPSA) is 118 Å². The number of hydrogen-bond donors (Lipinski definition) is 3. The van der Waals surface area contributed by atoms with Crippen LogP contribution in [0.25, 0.3) is 31.6 Å². The van der Waals surface area contributed by atoms with Gasteiger partial charge in [0, 0.05) is 35.3 Å². The van der Waals surface area contributed by atoms with E-state index in [1.54, 1.807) is 36.9 Å². The molecule has 1 aliphatic carbocycles. The smallest absolute Gasteiger partial charge is 0.141 e. The molecule has 9 heteroatoms. The fourth-order valence-electron chi connectivity index (χ4n) is 5.15. The predicted molar refractivity (Wildman–Crippen MR) is 151 cm³/mol. The molecule has 6 rings (SSSR count). The quantitative estimate of drug-likeness (QED) is 0.265. The molecule has 3 heterocycles. The van der Waals surface area contributed by atoms with E-state index < -0.39 is 16.7 Å². The summed E-state index contributed by atoms with van der Waals surface area (Å²) in [5.41, 5.74) is 8.59. The zero-order chi connectivity index (χ0) is 26.5. The lowest BCUT2D eigenvalue weighted by Crippen LogP contribution is -2.58. The normalized spacial score (nSPS) is 22.6. The predicted octanol–water partition coefficient (Wildman–Crippen LogP) is 5.35. The molecule has 0 aliphatic heterocycles. The largest absolute Gasteiger partial charge is 0.390 e. The molecule has 7 nitrogen and oxygen atoms in total. The molecular weight excluding hydrogens is 514 g/mol. The highest BCUT2D eigenvalue weighted by Crippen LogP contribution is 2.47. The average molecular weight is 542 g/mol. The molecule has 0 bridgehead atoms. The van der Waals surface area contributed by atoms with E-state index in [2.05, 4.69) is 39.2 Å². The summed E-state index contributed by atoms with van der Waals surface area (Å²) in [4.78, 5) is 19.6. The number of benzene rings is 2. The van der Waals surface area contributed by atoms with Crippen molar-refractivity contribution < 1.29 is 10.2 Å². The molecule has 4 N–H and O–H groups in total. The van der Waals surface area contributed by atoms with Crippen molar-refractivity contribution in [2.45, 2.75) is 43.4 Å². The van der Waals surface area contributed by atoms with Crippen LogP contribution < -0.4 is 5.73 Å². The van der Waals surface area contributed by atoms with Gasteiger partial charge < -0.3 is 15.9 Å². The molecule has 1 atom stereocenters. The summed E-state index contributed by atoms with van der Waals surface area (Å²) in [6, 6.07) is 18.4. The summed E-state index contributed by atoms with van der Waals surface area (Å²) in [5.74, 6) is 0. The van der Waals surface area contributed by atoms with Gasteiger partial charge in [0.2, 0.25) is 0 Å². The molecule has 2 aromatic carbocycles. The van der Waals surface area contributed by atoms with Crippen molar-refractivity contribution in [3.8, 4) is 31.6 Å². The van der Waals surface area contributed by atoms with Gasteiger partial charge in [0.15, 0.2) is 0 Å². The van der Waals surface area contributed by atoms with E-state index in [1.807, 2.05) is 37.3 Å². The second-order valence-corrected chi connectivity index (χ2v) is 12.4. The van der Waals surface area contributed by atoms with Crippen molar-refractivity contribution in [2.24, 2.45) is 5.73 Å². The number of thiazole rings is 2. The van der Waals surface area contributed by atoms with Crippen LogP contribution >= 0.6 is 22.7 Å². The average Bonchev–Trinajstić information content (AvgIpc) is 3.57. The zero-order valence-electron chi connectivity index (χ0n) is 21.0. The summed E-state index contributed by atoms with van der Waals surface area (Å²) < 4.78 is 0. The molecule has 1 unspecified atom stereocenters. The van der Waals surface area contributed by atoms with E-state index in [0.717, 1.165) is 37.1 Å². The third-order valence-corrected chi connectivity index (χ3v) is 9.53. The van der Waals surface area contributed by atoms with Gasteiger partial charge in [-0.15, -0.1) is 22.7 Å². The van der Waals surface area contributed by atoms with Crippen molar-refractivity contribution in [3.63, 3.8) is 0 Å². The van der Waals surface area contributed by atoms with E-state index in [-0.39, 0.29) is 0 Å². The number of aromatic nitrogens is 4. The highest BCUT2D eigenvalue weighted by atomic mass is 32.1. The summed E-state index contributed by atoms with van der Waals surface area (Å²) in [6.45, 7) is 3.53. The highest BCUT2D eigenvalue weighted by Gasteiger charge is 2.49. The van der Waals surface area contributed by atoms with Crippen molar-refractivity contribution in [1.29, 1.82) is 0 Å². The third-order valence-electron chi connectivity index (χ3n) is 7.04. The number of nitrogens with two attached hydrogens (primary N) is 1. The van der Waals surface area contributed by atoms with Gasteiger partial charge in [0.25, 0.3) is 0 Å². The first-order valence-corrected chi connectivity index (χ1v) is 13.9. The zero-order valence-corrected chi connectivity index (χ0v) is 22.6. The minimum Gasteiger partial charge on any atom is -0.390 e. The molecule has 192 valence electrons. The van der Waals surface area contributed by atoms with Gasteiger partial charge in [-0.3, -0.25) is 0 Å². The molecule has 0 spiro atoms. The second-order valence-electron chi connectivity index (χ2n) is 10.4. The third kappa shape index (κ3) is 4.46. The fourth-order valence-corrected chi connectivity index (χ4v) is 7.27. The van der Waals surface area contributed by atoms with Gasteiger partial charge in [-0.1, -0.05) is 54.6 Å². The van der Waals surface area contributed by atoms with Crippen LogP contribution in [0.3, 0.4) is 0 Å². The second kappa shape index (κ2) is 9.14. The number of aliphatic hydroxyl groups is 2. The van der Waals surface area contributed by atoms with Gasteiger partial charge in [-0.05, 0) is 37.8 Å². The molecule has 0 saturated heterocycles. The van der Waals surface area contributed by atoms with Crippen molar-refractivity contribution in [3.05, 3.63) is 95.6 Å². The van der Waals surface area contributed by atoms with E-state index in [9.17, 15) is 10.2 Å². The lowest BCUT2D eigenvalue weighted by Gasteiger charge is -2.49. The van der Waals surface area contributed by atoms with Gasteiger partial charge in [0.1, 0.15) is 21.9 Å². The van der Waals surface area contributed by atoms with E-state index in [4.69, 9.17) is 10.7 Å². The molecule has 3 aromatic heterocycles. The highest BCUT2D eigenvalue weighted by molar-refractivity contribution is 7.23. The lowest BCUT2D eigenvalue weighted by molar-refractivity contribution is -0.0738. The van der Waals surface area contributed by atoms with Gasteiger partial charge in [-0.2, -0.15) is 0 Å². The number of hydrogen-bond acceptors (Lipinski definition) is 9. The summed E-state index contributed by atoms with van der Waals surface area (Å²) in [6.07, 6.45) is 7.49. The van der Waals surface area contributed by atoms with Crippen LogP contribution in [0.2, 0.25) is 0 Å². The summed E-state index contributed by atoms with van der Waals surface area (Å²) >= 11 is 3.01. The Bertz CT molecular complexity index is 1570. The van der Waals surface area contributed by atoms with Crippen LogP contribution in [0.1, 0.15) is 42.8 Å². The molecule has 38 heavy (non-hydrogen) atoms. The Hall–Kier alpha value is -3.34. The number of nitrogens with zero attached hydrogens (tertiary/aromatic N) is 4. The van der Waals surface area contributed by atoms with Gasteiger partial charge in [0.05, 0.1) is 21.0 Å². The fraction of sp³-hybridized carbons (Fsp3) is 0.241. The molecule has 0 amide bonds. The van der Waals surface area contributed by atoms with Crippen LogP contribution in [0, 0.1) is 0 Å². The SMILES string of the molecule is CC(O)(c1cncnc1)c1ncc(-c2nc(-c3ccc([C@]4(N)C[C@@](C)(O)C4)cc3)c(-c3ccccc3)s2)s1. The lowest BCUT2D eigenvalue weighted by atomic mass is 9.63. The van der Waals surface area contributed by atoms with Crippen molar-refractivity contribution in [2.75, 3.05) is 0 Å². The first-order valence-electron chi connectivity index (χ1n) is 12.3. The van der Waals surface area contributed by atoms with E-state index >= 15 is 0 Å². The summed E-state index contributed by atoms with van der Waals surface area (Å²) in [5, 5.41) is 22.8. The monoisotopic (exact) mass is 541 g/mol. The Morgan fingerprint density at radius 3 is 2.26 bits per heavy atom. The molecule has 1 fully saturated rings. The number of rotatable bonds is 6. The van der Waals surface area contributed by atoms with Crippen LogP contribution in [0.4, 0.5) is 0 Å². The maximum atomic E-state index is 11.2. The van der Waals surface area contributed by atoms with E-state index in [0.29, 0.717) is 23.4 Å². The molecular formula is C29H27N5O2S2. The van der Waals surface area contributed by atoms with Crippen LogP contribution in [0.15, 0.2) is 79.5 Å². The maximum Gasteiger partial charge on any atom is 0.141 e. The van der Waals surface area contributed by atoms with E-state index in [1.165, 1.54) is 17.7 Å². The Balaban J connectivity index is 1.37. The standard InChI is InChI=1S/C29H27N5O2S2/c1-27(35)15-29(30,16-27)20-10-8-18(9-11-20)23-24(19-6-4-3-5-7-19)38-25(34-23)22-14-33-26(37-22)28(2,36)21-12-31-17-32-13-21/h3-14,17,35-36H,15-16,30H2,1-2H3/t27-,28?,29+. The minimum atomic E-state index is -1.31. The van der Waals surface area contributed by atoms with Crippen LogP contribution in [-0.2, 0) is 11.1 Å². The Labute approximate surface area is 228 Å². The van der Waals surface area contributed by atoms with Crippen LogP contribution in [-0.4, -0.2) is 35.8 Å². The van der Waals surface area contributed by atoms with Gasteiger partial charge >= 0.3 is 0 Å². The maximum absolute atomic E-state index is 11.2. The molecule has 1 saturated carbocycles. The first kappa shape index (κ1) is 25.0. The summed E-state index contributed by atoms with van der Waals surface area (Å²) in [7, 11) is 0. The Morgan fingerprint density at radius 2 is 1.61 bits per heavy atom. The first-order chi connectivity index (χ1) is 18.1. The molecule has 5 aromatic rings. The van der Waals surface area contributed by atoms with Crippen molar-refractivity contribution >= 4 is 22.7 Å². The Kier molecular flexibility index (Phi) is 6.01. The van der Waals surface area contributed by atoms with Crippen LogP contribution in [0.5, 0.6) is 0 Å². The van der Waals surface area contributed by atoms with Gasteiger partial charge in [-0.25, -0.2) is 19.9 Å². The molecule has 0 radical (unpaired) electrons. The Morgan fingerprint density at radius 1 is 0.921 bits per heavy atom. The molecule has 1 aliphatic rings. The minimum absolute atomic E-state index is 0.503. The van der Waals surface area contributed by atoms with Crippen molar-refractivity contribution in [1.82, 2.24) is 19.9 Å².